The van der Waals surface area contributed by atoms with Gasteiger partial charge >= 0.3 is 10.4 Å². The van der Waals surface area contributed by atoms with Crippen LogP contribution < -0.4 is 0 Å². The number of hydrogen-bond acceptors (Lipinski definition) is 3. The van der Waals surface area contributed by atoms with Crippen LogP contribution in [0.2, 0.25) is 5.02 Å². The number of hydrogen-bond donors (Lipinski definition) is 1. The number of halogens is 1. The topological polar surface area (TPSA) is 63.6 Å². The van der Waals surface area contributed by atoms with Gasteiger partial charge < -0.3 is 0 Å². The van der Waals surface area contributed by atoms with Crippen molar-refractivity contribution in [3.05, 3.63) is 34.9 Å². The molecule has 0 unspecified atom stereocenters. The summed E-state index contributed by atoms with van der Waals surface area (Å²) >= 11 is 5.69. The van der Waals surface area contributed by atoms with E-state index in [4.69, 9.17) is 16.2 Å². The van der Waals surface area contributed by atoms with E-state index >= 15 is 0 Å². The van der Waals surface area contributed by atoms with Crippen molar-refractivity contribution >= 4 is 22.0 Å². The van der Waals surface area contributed by atoms with Gasteiger partial charge in [-0.25, -0.2) is 4.18 Å². The van der Waals surface area contributed by atoms with Crippen LogP contribution in [0.5, 0.6) is 0 Å². The summed E-state index contributed by atoms with van der Waals surface area (Å²) in [5, 5.41) is 0.480. The predicted octanol–water partition coefficient (Wildman–Crippen LogP) is 2.22. The number of rotatable bonds is 3. The van der Waals surface area contributed by atoms with Crippen molar-refractivity contribution in [1.29, 1.82) is 0 Å². The second kappa shape index (κ2) is 4.27. The predicted molar refractivity (Wildman–Crippen MR) is 52.5 cm³/mol. The molecule has 1 aromatic rings. The van der Waals surface area contributed by atoms with Crippen molar-refractivity contribution in [2.24, 2.45) is 0 Å². The summed E-state index contributed by atoms with van der Waals surface area (Å²) in [6, 6.07) is 6.55. The van der Waals surface area contributed by atoms with E-state index in [0.717, 1.165) is 0 Å². The first kappa shape index (κ1) is 11.5. The molecule has 0 saturated carbocycles. The fourth-order valence-corrected chi connectivity index (χ4v) is 1.67. The summed E-state index contributed by atoms with van der Waals surface area (Å²) in [4.78, 5) is 0. The molecule has 0 radical (unpaired) electrons. The summed E-state index contributed by atoms with van der Waals surface area (Å²) in [5.74, 6) is 0. The van der Waals surface area contributed by atoms with Crippen LogP contribution in [-0.4, -0.2) is 13.0 Å². The Kier molecular flexibility index (Phi) is 3.49. The van der Waals surface area contributed by atoms with E-state index in [2.05, 4.69) is 4.18 Å². The second-order valence-corrected chi connectivity index (χ2v) is 4.21. The van der Waals surface area contributed by atoms with Gasteiger partial charge in [-0.1, -0.05) is 23.7 Å². The van der Waals surface area contributed by atoms with Crippen molar-refractivity contribution in [3.8, 4) is 0 Å². The van der Waals surface area contributed by atoms with Gasteiger partial charge in [-0.3, -0.25) is 4.55 Å². The molecule has 0 fully saturated rings. The van der Waals surface area contributed by atoms with E-state index in [0.29, 0.717) is 10.6 Å². The van der Waals surface area contributed by atoms with Crippen molar-refractivity contribution in [3.63, 3.8) is 0 Å². The zero-order valence-electron chi connectivity index (χ0n) is 7.34. The lowest BCUT2D eigenvalue weighted by Crippen LogP contribution is -2.07. The van der Waals surface area contributed by atoms with Gasteiger partial charge in [0.2, 0.25) is 0 Å². The molecule has 0 amide bonds. The monoisotopic (exact) mass is 236 g/mol. The molecule has 0 aromatic heterocycles. The molecule has 14 heavy (non-hydrogen) atoms. The van der Waals surface area contributed by atoms with Gasteiger partial charge in [-0.05, 0) is 24.6 Å². The second-order valence-electron chi connectivity index (χ2n) is 2.72. The molecule has 1 rings (SSSR count). The van der Waals surface area contributed by atoms with Gasteiger partial charge in [0.15, 0.2) is 0 Å². The highest BCUT2D eigenvalue weighted by Gasteiger charge is 2.14. The Bertz CT molecular complexity index is 415. The quantitative estimate of drug-likeness (QED) is 0.818. The van der Waals surface area contributed by atoms with E-state index in [9.17, 15) is 8.42 Å². The molecule has 4 nitrogen and oxygen atoms in total. The Hall–Kier alpha value is -0.620. The standard InChI is InChI=1S/C8H9ClO4S/c1-6(13-14(10,11)12)7-3-2-4-8(9)5-7/h2-6H,1H3,(H,10,11,12)/t6-/m1/s1. The lowest BCUT2D eigenvalue weighted by atomic mass is 10.1. The third-order valence-corrected chi connectivity index (χ3v) is 2.35. The van der Waals surface area contributed by atoms with Gasteiger partial charge in [0.05, 0.1) is 0 Å². The average molecular weight is 237 g/mol. The minimum absolute atomic E-state index is 0.480. The summed E-state index contributed by atoms with van der Waals surface area (Å²) in [6.07, 6.45) is -0.760. The average Bonchev–Trinajstić information content (AvgIpc) is 2.01. The molecule has 0 aliphatic heterocycles. The summed E-state index contributed by atoms with van der Waals surface area (Å²) in [6.45, 7) is 1.50. The minimum atomic E-state index is -4.43. The highest BCUT2D eigenvalue weighted by molar-refractivity contribution is 7.80. The molecule has 0 aliphatic rings. The van der Waals surface area contributed by atoms with E-state index in [1.165, 1.54) is 6.92 Å². The van der Waals surface area contributed by atoms with Gasteiger partial charge in [0.25, 0.3) is 0 Å². The molecule has 0 spiro atoms. The fraction of sp³-hybridized carbons (Fsp3) is 0.250. The maximum atomic E-state index is 10.4. The van der Waals surface area contributed by atoms with E-state index in [-0.39, 0.29) is 0 Å². The zero-order valence-corrected chi connectivity index (χ0v) is 8.92. The smallest absolute Gasteiger partial charge is 0.264 e. The minimum Gasteiger partial charge on any atom is -0.264 e. The lowest BCUT2D eigenvalue weighted by Gasteiger charge is -2.10. The van der Waals surface area contributed by atoms with Gasteiger partial charge in [-0.2, -0.15) is 8.42 Å². The van der Waals surface area contributed by atoms with Gasteiger partial charge in [0.1, 0.15) is 6.10 Å². The van der Waals surface area contributed by atoms with Crippen molar-refractivity contribution < 1.29 is 17.2 Å². The SMILES string of the molecule is C[C@@H](OS(=O)(=O)O)c1cccc(Cl)c1. The van der Waals surface area contributed by atoms with Crippen molar-refractivity contribution in [2.75, 3.05) is 0 Å². The first-order valence-corrected chi connectivity index (χ1v) is 5.54. The molecule has 0 aliphatic carbocycles. The lowest BCUT2D eigenvalue weighted by molar-refractivity contribution is 0.201. The molecule has 0 bridgehead atoms. The van der Waals surface area contributed by atoms with Crippen LogP contribution in [0, 0.1) is 0 Å². The van der Waals surface area contributed by atoms with Crippen LogP contribution in [0.25, 0.3) is 0 Å². The highest BCUT2D eigenvalue weighted by Crippen LogP contribution is 2.21. The molecule has 1 aromatic carbocycles. The molecule has 1 atom stereocenters. The third-order valence-electron chi connectivity index (χ3n) is 1.58. The Morgan fingerprint density at radius 3 is 2.64 bits per heavy atom. The van der Waals surface area contributed by atoms with Gasteiger partial charge in [-0.15, -0.1) is 0 Å². The fourth-order valence-electron chi connectivity index (χ4n) is 0.997. The van der Waals surface area contributed by atoms with Crippen molar-refractivity contribution in [2.45, 2.75) is 13.0 Å². The zero-order chi connectivity index (χ0) is 10.8. The Labute approximate surface area is 87.4 Å². The Balaban J connectivity index is 2.85. The first-order chi connectivity index (χ1) is 6.38. The molecular formula is C8H9ClO4S. The molecule has 6 heteroatoms. The highest BCUT2D eigenvalue weighted by atomic mass is 35.5. The molecule has 0 saturated heterocycles. The van der Waals surface area contributed by atoms with Crippen LogP contribution in [0.1, 0.15) is 18.6 Å². The number of benzene rings is 1. The largest absolute Gasteiger partial charge is 0.397 e. The first-order valence-electron chi connectivity index (χ1n) is 3.79. The van der Waals surface area contributed by atoms with Crippen molar-refractivity contribution in [1.82, 2.24) is 0 Å². The van der Waals surface area contributed by atoms with Crippen LogP contribution in [0.4, 0.5) is 0 Å². The van der Waals surface area contributed by atoms with Crippen LogP contribution >= 0.6 is 11.6 Å². The van der Waals surface area contributed by atoms with E-state index < -0.39 is 16.5 Å². The van der Waals surface area contributed by atoms with Crippen LogP contribution in [0.15, 0.2) is 24.3 Å². The maximum Gasteiger partial charge on any atom is 0.397 e. The van der Waals surface area contributed by atoms with Crippen LogP contribution in [-0.2, 0) is 14.6 Å². The van der Waals surface area contributed by atoms with Crippen LogP contribution in [0.3, 0.4) is 0 Å². The maximum absolute atomic E-state index is 10.4. The summed E-state index contributed by atoms with van der Waals surface area (Å²) in [5.41, 5.74) is 0.579. The Morgan fingerprint density at radius 1 is 1.50 bits per heavy atom. The normalized spacial score (nSPS) is 13.9. The molecule has 0 heterocycles. The Morgan fingerprint density at radius 2 is 2.14 bits per heavy atom. The van der Waals surface area contributed by atoms with Gasteiger partial charge in [0, 0.05) is 5.02 Å². The molecule has 1 N–H and O–H groups in total. The summed E-state index contributed by atoms with van der Waals surface area (Å²) in [7, 11) is -4.43. The molecule has 78 valence electrons. The molecular weight excluding hydrogens is 228 g/mol. The van der Waals surface area contributed by atoms with E-state index in [1.54, 1.807) is 24.3 Å². The van der Waals surface area contributed by atoms with E-state index in [1.807, 2.05) is 0 Å². The summed E-state index contributed by atoms with van der Waals surface area (Å²) < 4.78 is 33.6. The third kappa shape index (κ3) is 3.63.